The predicted octanol–water partition coefficient (Wildman–Crippen LogP) is 19.2. The first kappa shape index (κ1) is 69.9. The van der Waals surface area contributed by atoms with E-state index in [2.05, 4.69) is 394 Å². The van der Waals surface area contributed by atoms with E-state index < -0.39 is 0 Å². The van der Waals surface area contributed by atoms with E-state index >= 15 is 0 Å². The first-order valence-corrected chi connectivity index (χ1v) is 36.5. The largest absolute Gasteiger partial charge is 0.310 e. The molecule has 0 unspecified atom stereocenters. The van der Waals surface area contributed by atoms with Gasteiger partial charge < -0.3 is 14.7 Å². The van der Waals surface area contributed by atoms with Gasteiger partial charge in [-0.3, -0.25) is 0 Å². The number of benzene rings is 13. The maximum atomic E-state index is 2.46. The molecule has 0 aromatic heterocycles. The van der Waals surface area contributed by atoms with E-state index in [4.69, 9.17) is 0 Å². The fraction of sp³-hybridized carbons (Fsp3) is 0.188. The van der Waals surface area contributed by atoms with Crippen molar-refractivity contribution in [2.45, 2.75) is 125 Å². The van der Waals surface area contributed by atoms with Crippen LogP contribution in [0.5, 0.6) is 0 Å². The van der Waals surface area contributed by atoms with Gasteiger partial charge in [0.2, 0.25) is 20.1 Å². The van der Waals surface area contributed by atoms with Crippen LogP contribution in [0.25, 0.3) is 0 Å². The molecule has 13 aromatic rings. The predicted molar refractivity (Wildman–Crippen MR) is 448 cm³/mol. The monoisotopic (exact) mass is 1320 g/mol. The summed E-state index contributed by atoms with van der Waals surface area (Å²) in [6.45, 7) is 40.9. The molecule has 0 heterocycles. The SMILES string of the molecule is Cc1cc(C)c(B(c2ccc(N(c3ccccc3)c3cc(N(c4ccccc4)c4ccc(B(c5c(C)cc(C)cc5C)c5c(C)cc(C)cc5C)cc4)cc(N(c4ccccc4)c4ccc(B(c5c(C)cc(C)cc5C)c5c(C)cc(C)cc5C)cc4)c3)cc2)c2c(C)cc(C)cc2C)c(C)c1. The van der Waals surface area contributed by atoms with E-state index in [0.717, 1.165) is 51.2 Å². The van der Waals surface area contributed by atoms with Crippen LogP contribution in [0.4, 0.5) is 51.2 Å². The molecule has 0 atom stereocenters. The van der Waals surface area contributed by atoms with Gasteiger partial charge in [0.05, 0.1) is 17.1 Å². The van der Waals surface area contributed by atoms with Gasteiger partial charge in [0.25, 0.3) is 0 Å². The minimum Gasteiger partial charge on any atom is -0.310 e. The average Bonchev–Trinajstić information content (AvgIpc) is 0.772. The molecule has 13 aromatic carbocycles. The summed E-state index contributed by atoms with van der Waals surface area (Å²) in [4.78, 5) is 7.38. The summed E-state index contributed by atoms with van der Waals surface area (Å²) >= 11 is 0. The molecule has 13 rings (SSSR count). The van der Waals surface area contributed by atoms with Gasteiger partial charge in [0, 0.05) is 34.1 Å². The van der Waals surface area contributed by atoms with Crippen molar-refractivity contribution in [3.63, 3.8) is 0 Å². The van der Waals surface area contributed by atoms with Gasteiger partial charge in [0.1, 0.15) is 0 Å². The van der Waals surface area contributed by atoms with Crippen LogP contribution >= 0.6 is 0 Å². The van der Waals surface area contributed by atoms with Crippen LogP contribution < -0.4 is 63.9 Å². The van der Waals surface area contributed by atoms with Crippen LogP contribution in [0.3, 0.4) is 0 Å². The van der Waals surface area contributed by atoms with Crippen molar-refractivity contribution < 1.29 is 0 Å². The second-order valence-corrected chi connectivity index (χ2v) is 29.7. The van der Waals surface area contributed by atoms with Crippen molar-refractivity contribution in [2.24, 2.45) is 0 Å². The van der Waals surface area contributed by atoms with E-state index in [0.29, 0.717) is 0 Å². The number of anilines is 9. The lowest BCUT2D eigenvalue weighted by molar-refractivity contribution is 1.22. The van der Waals surface area contributed by atoms with Crippen LogP contribution in [0.1, 0.15) is 100 Å². The molecule has 3 nitrogen and oxygen atoms in total. The molecule has 0 aliphatic heterocycles. The second kappa shape index (κ2) is 29.2. The minimum atomic E-state index is 0.0206. The van der Waals surface area contributed by atoms with Crippen LogP contribution in [-0.2, 0) is 0 Å². The van der Waals surface area contributed by atoms with E-state index in [1.165, 1.54) is 149 Å². The minimum absolute atomic E-state index is 0.0206. The van der Waals surface area contributed by atoms with Gasteiger partial charge in [-0.15, -0.1) is 0 Å². The zero-order chi connectivity index (χ0) is 71.9. The lowest BCUT2D eigenvalue weighted by Gasteiger charge is -2.33. The molecule has 0 amide bonds. The van der Waals surface area contributed by atoms with Gasteiger partial charge >= 0.3 is 0 Å². The molecule has 0 N–H and O–H groups in total. The molecule has 102 heavy (non-hydrogen) atoms. The Morgan fingerprint density at radius 3 is 0.461 bits per heavy atom. The maximum absolute atomic E-state index is 2.46. The first-order valence-electron chi connectivity index (χ1n) is 36.5. The third-order valence-corrected chi connectivity index (χ3v) is 21.3. The molecule has 0 spiro atoms. The highest BCUT2D eigenvalue weighted by Crippen LogP contribution is 2.46. The molecule has 0 fully saturated rings. The average molecular weight is 1320 g/mol. The second-order valence-electron chi connectivity index (χ2n) is 29.7. The van der Waals surface area contributed by atoms with Crippen molar-refractivity contribution in [1.29, 1.82) is 0 Å². The van der Waals surface area contributed by atoms with E-state index in [-0.39, 0.29) is 20.1 Å². The molecule has 504 valence electrons. The smallest absolute Gasteiger partial charge is 0.242 e. The molecular weight excluding hydrogens is 1230 g/mol. The Labute approximate surface area is 610 Å². The number of hydrogen-bond donors (Lipinski definition) is 0. The standard InChI is InChI=1S/C96H96B3N3/c1-61-46-67(7)91(68(8)47-61)97(92-69(9)48-62(2)49-70(92)10)79-34-40-85(41-35-79)100(82-28-22-19-23-29-82)88-58-89(101(83-30-24-20-25-31-83)86-42-36-80(37-43-86)98(93-71(11)50-63(3)51-72(93)12)94-73(13)52-64(4)53-74(94)14)60-90(59-88)102(84-32-26-21-27-33-84)87-44-38-81(39-45-87)99(95-75(15)54-65(5)55-76(95)16)96-77(17)56-66(6)57-78(96)18/h19-60H,1-18H3. The normalized spacial score (nSPS) is 11.2. The van der Waals surface area contributed by atoms with Gasteiger partial charge in [-0.1, -0.05) is 313 Å². The number of aryl methyl sites for hydroxylation is 18. The highest BCUT2D eigenvalue weighted by molar-refractivity contribution is 6.98. The fourth-order valence-electron chi connectivity index (χ4n) is 17.8. The van der Waals surface area contributed by atoms with Crippen LogP contribution in [0.2, 0.25) is 0 Å². The summed E-state index contributed by atoms with van der Waals surface area (Å²) < 4.78 is 0. The van der Waals surface area contributed by atoms with Crippen molar-refractivity contribution in [1.82, 2.24) is 0 Å². The summed E-state index contributed by atoms with van der Waals surface area (Å²) in [6, 6.07) is 96.9. The molecule has 6 heteroatoms. The van der Waals surface area contributed by atoms with Gasteiger partial charge in [-0.25, -0.2) is 0 Å². The van der Waals surface area contributed by atoms with E-state index in [1.807, 2.05) is 0 Å². The molecule has 0 aliphatic rings. The van der Waals surface area contributed by atoms with Crippen molar-refractivity contribution in [3.05, 3.63) is 355 Å². The van der Waals surface area contributed by atoms with Crippen molar-refractivity contribution >= 4 is 120 Å². The van der Waals surface area contributed by atoms with Crippen LogP contribution in [-0.4, -0.2) is 20.1 Å². The Kier molecular flexibility index (Phi) is 20.0. The Hall–Kier alpha value is -10.5. The molecule has 0 radical (unpaired) electrons. The summed E-state index contributed by atoms with van der Waals surface area (Å²) in [6.07, 6.45) is 0. The van der Waals surface area contributed by atoms with Crippen molar-refractivity contribution in [2.75, 3.05) is 14.7 Å². The number of nitrogens with zero attached hydrogens (tertiary/aromatic N) is 3. The van der Waals surface area contributed by atoms with Crippen LogP contribution in [0.15, 0.2) is 255 Å². The molecule has 0 saturated carbocycles. The van der Waals surface area contributed by atoms with Crippen molar-refractivity contribution in [3.8, 4) is 0 Å². The maximum Gasteiger partial charge on any atom is 0.242 e. The molecule has 0 aliphatic carbocycles. The van der Waals surface area contributed by atoms with Gasteiger partial charge in [0.15, 0.2) is 0 Å². The Balaban J connectivity index is 1.04. The third kappa shape index (κ3) is 14.0. The molecular formula is C96H96B3N3. The molecule has 0 bridgehead atoms. The quantitative estimate of drug-likeness (QED) is 0.0793. The van der Waals surface area contributed by atoms with E-state index in [1.54, 1.807) is 0 Å². The summed E-state index contributed by atoms with van der Waals surface area (Å²) in [5, 5.41) is 0. The van der Waals surface area contributed by atoms with Gasteiger partial charge in [-0.2, -0.15) is 0 Å². The highest BCUT2D eigenvalue weighted by atomic mass is 15.2. The van der Waals surface area contributed by atoms with Crippen LogP contribution in [0, 0.1) is 125 Å². The zero-order valence-corrected chi connectivity index (χ0v) is 63.3. The highest BCUT2D eigenvalue weighted by Gasteiger charge is 2.33. The topological polar surface area (TPSA) is 9.72 Å². The Bertz CT molecular complexity index is 4410. The van der Waals surface area contributed by atoms with E-state index in [9.17, 15) is 0 Å². The number of para-hydroxylation sites is 3. The zero-order valence-electron chi connectivity index (χ0n) is 63.3. The summed E-state index contributed by atoms with van der Waals surface area (Å²) in [5.74, 6) is 0. The number of hydrogen-bond acceptors (Lipinski definition) is 3. The lowest BCUT2D eigenvalue weighted by Crippen LogP contribution is -2.55. The fourth-order valence-corrected chi connectivity index (χ4v) is 17.8. The number of rotatable bonds is 18. The lowest BCUT2D eigenvalue weighted by atomic mass is 9.34. The third-order valence-electron chi connectivity index (χ3n) is 21.3. The summed E-state index contributed by atoms with van der Waals surface area (Å²) in [5.41, 5.74) is 44.8. The first-order chi connectivity index (χ1) is 49.0. The van der Waals surface area contributed by atoms with Gasteiger partial charge in [-0.05, 0) is 216 Å². The molecule has 0 saturated heterocycles. The Morgan fingerprint density at radius 1 is 0.157 bits per heavy atom. The Morgan fingerprint density at radius 2 is 0.304 bits per heavy atom. The summed E-state index contributed by atoms with van der Waals surface area (Å²) in [7, 11) is 0.